The van der Waals surface area contributed by atoms with Crippen LogP contribution in [0.25, 0.3) is 11.6 Å². The summed E-state index contributed by atoms with van der Waals surface area (Å²) >= 11 is 7.05. The van der Waals surface area contributed by atoms with Gasteiger partial charge >= 0.3 is 0 Å². The lowest BCUT2D eigenvalue weighted by Crippen LogP contribution is -1.97. The zero-order valence-corrected chi connectivity index (χ0v) is 18.2. The van der Waals surface area contributed by atoms with E-state index in [1.54, 1.807) is 24.3 Å². The third-order valence-electron chi connectivity index (χ3n) is 4.12. The molecule has 0 fully saturated rings. The first-order chi connectivity index (χ1) is 13.5. The Kier molecular flexibility index (Phi) is 6.66. The molecule has 0 atom stereocenters. The van der Waals surface area contributed by atoms with E-state index in [-0.39, 0.29) is 11.1 Å². The van der Waals surface area contributed by atoms with Crippen LogP contribution in [0.5, 0.6) is 5.75 Å². The summed E-state index contributed by atoms with van der Waals surface area (Å²) in [7, 11) is 0. The van der Waals surface area contributed by atoms with Gasteiger partial charge in [0.2, 0.25) is 0 Å². The van der Waals surface area contributed by atoms with Crippen LogP contribution in [-0.2, 0) is 6.61 Å². The van der Waals surface area contributed by atoms with Gasteiger partial charge < -0.3 is 4.74 Å². The van der Waals surface area contributed by atoms with E-state index in [1.165, 1.54) is 11.6 Å². The Morgan fingerprint density at radius 1 is 1.07 bits per heavy atom. The fourth-order valence-corrected chi connectivity index (χ4v) is 4.11. The second-order valence-electron chi connectivity index (χ2n) is 6.24. The summed E-state index contributed by atoms with van der Waals surface area (Å²) in [5.41, 5.74) is 3.55. The molecule has 0 saturated carbocycles. The van der Waals surface area contributed by atoms with E-state index in [2.05, 4.69) is 37.9 Å². The van der Waals surface area contributed by atoms with Gasteiger partial charge in [-0.25, -0.2) is 4.39 Å². The molecular weight excluding hydrogens is 485 g/mol. The third kappa shape index (κ3) is 4.89. The molecular formula is C23H16Br2FNO. The van der Waals surface area contributed by atoms with Gasteiger partial charge in [0, 0.05) is 5.56 Å². The average molecular weight is 501 g/mol. The molecule has 0 aliphatic rings. The highest BCUT2D eigenvalue weighted by molar-refractivity contribution is 9.11. The topological polar surface area (TPSA) is 33.0 Å². The van der Waals surface area contributed by atoms with Crippen LogP contribution in [0.2, 0.25) is 0 Å². The molecule has 0 radical (unpaired) electrons. The van der Waals surface area contributed by atoms with E-state index in [0.717, 1.165) is 20.1 Å². The molecule has 3 rings (SSSR count). The predicted molar refractivity (Wildman–Crippen MR) is 117 cm³/mol. The van der Waals surface area contributed by atoms with Crippen LogP contribution >= 0.6 is 31.9 Å². The first kappa shape index (κ1) is 20.3. The molecule has 0 aliphatic heterocycles. The molecule has 2 nitrogen and oxygen atoms in total. The van der Waals surface area contributed by atoms with Gasteiger partial charge in [-0.05, 0) is 74.2 Å². The zero-order valence-electron chi connectivity index (χ0n) is 15.0. The number of benzene rings is 3. The lowest BCUT2D eigenvalue weighted by Gasteiger charge is -2.12. The van der Waals surface area contributed by atoms with Crippen molar-refractivity contribution >= 4 is 43.5 Å². The van der Waals surface area contributed by atoms with Crippen LogP contribution in [0, 0.1) is 24.1 Å². The minimum atomic E-state index is -0.425. The maximum absolute atomic E-state index is 14.0. The van der Waals surface area contributed by atoms with Crippen LogP contribution in [0.15, 0.2) is 69.6 Å². The van der Waals surface area contributed by atoms with Gasteiger partial charge in [-0.1, -0.05) is 48.0 Å². The number of hydrogen-bond acceptors (Lipinski definition) is 2. The van der Waals surface area contributed by atoms with Crippen molar-refractivity contribution in [3.8, 4) is 11.8 Å². The van der Waals surface area contributed by atoms with Crippen LogP contribution in [-0.4, -0.2) is 0 Å². The maximum atomic E-state index is 14.0. The van der Waals surface area contributed by atoms with Crippen molar-refractivity contribution in [1.82, 2.24) is 0 Å². The average Bonchev–Trinajstić information content (AvgIpc) is 2.67. The summed E-state index contributed by atoms with van der Waals surface area (Å²) in [5.74, 6) is 0.244. The summed E-state index contributed by atoms with van der Waals surface area (Å²) in [6, 6.07) is 20.1. The predicted octanol–water partition coefficient (Wildman–Crippen LogP) is 7.30. The fraction of sp³-hybridized carbons (Fsp3) is 0.0870. The Bertz CT molecular complexity index is 1050. The monoisotopic (exact) mass is 499 g/mol. The summed E-state index contributed by atoms with van der Waals surface area (Å²) in [4.78, 5) is 0. The largest absolute Gasteiger partial charge is 0.487 e. The molecule has 0 unspecified atom stereocenters. The molecule has 28 heavy (non-hydrogen) atoms. The van der Waals surface area contributed by atoms with Crippen LogP contribution in [0.3, 0.4) is 0 Å². The molecule has 0 amide bonds. The molecule has 0 heterocycles. The smallest absolute Gasteiger partial charge is 0.148 e. The minimum Gasteiger partial charge on any atom is -0.487 e. The number of ether oxygens (including phenoxy) is 1. The molecule has 0 spiro atoms. The van der Waals surface area contributed by atoms with Crippen molar-refractivity contribution in [1.29, 1.82) is 5.26 Å². The lowest BCUT2D eigenvalue weighted by atomic mass is 10.0. The normalized spacial score (nSPS) is 11.2. The van der Waals surface area contributed by atoms with E-state index in [0.29, 0.717) is 12.4 Å². The lowest BCUT2D eigenvalue weighted by molar-refractivity contribution is 0.302. The van der Waals surface area contributed by atoms with Gasteiger partial charge in [-0.2, -0.15) is 5.26 Å². The first-order valence-corrected chi connectivity index (χ1v) is 10.1. The number of allylic oxidation sites excluding steroid dienone is 1. The molecule has 0 aromatic heterocycles. The molecule has 0 bridgehead atoms. The summed E-state index contributed by atoms with van der Waals surface area (Å²) in [6.45, 7) is 2.48. The molecule has 0 N–H and O–H groups in total. The van der Waals surface area contributed by atoms with Crippen LogP contribution in [0.1, 0.15) is 22.3 Å². The van der Waals surface area contributed by atoms with Crippen molar-refractivity contribution in [3.05, 3.63) is 97.7 Å². The number of nitriles is 1. The SMILES string of the molecule is Cc1ccc(COc2c(Br)cc(/C=C(/C#N)c3ccccc3F)cc2Br)cc1. The zero-order chi connectivity index (χ0) is 20.1. The third-order valence-corrected chi connectivity index (χ3v) is 5.30. The Labute approximate surface area is 180 Å². The fourth-order valence-electron chi connectivity index (χ4n) is 2.66. The van der Waals surface area contributed by atoms with Crippen molar-refractivity contribution in [2.45, 2.75) is 13.5 Å². The Morgan fingerprint density at radius 2 is 1.71 bits per heavy atom. The van der Waals surface area contributed by atoms with E-state index in [4.69, 9.17) is 4.74 Å². The summed E-state index contributed by atoms with van der Waals surface area (Å²) in [5, 5.41) is 9.46. The Morgan fingerprint density at radius 3 is 2.32 bits per heavy atom. The molecule has 3 aromatic rings. The molecule has 0 saturated heterocycles. The number of hydrogen-bond donors (Lipinski definition) is 0. The quantitative estimate of drug-likeness (QED) is 0.272. The number of rotatable bonds is 5. The van der Waals surface area contributed by atoms with Gasteiger partial charge in [0.15, 0.2) is 0 Å². The summed E-state index contributed by atoms with van der Waals surface area (Å²) in [6.07, 6.45) is 1.65. The van der Waals surface area contributed by atoms with E-state index >= 15 is 0 Å². The number of aryl methyl sites for hydroxylation is 1. The first-order valence-electron chi connectivity index (χ1n) is 8.52. The van der Waals surface area contributed by atoms with Gasteiger partial charge in [0.1, 0.15) is 18.2 Å². The van der Waals surface area contributed by atoms with E-state index < -0.39 is 5.82 Å². The van der Waals surface area contributed by atoms with Gasteiger partial charge in [0.25, 0.3) is 0 Å². The molecule has 5 heteroatoms. The highest BCUT2D eigenvalue weighted by atomic mass is 79.9. The van der Waals surface area contributed by atoms with Crippen molar-refractivity contribution in [3.63, 3.8) is 0 Å². The highest BCUT2D eigenvalue weighted by Gasteiger charge is 2.11. The Balaban J connectivity index is 1.86. The number of halogens is 3. The molecule has 0 aliphatic carbocycles. The van der Waals surface area contributed by atoms with E-state index in [9.17, 15) is 9.65 Å². The highest BCUT2D eigenvalue weighted by Crippen LogP contribution is 2.36. The van der Waals surface area contributed by atoms with Crippen LogP contribution < -0.4 is 4.74 Å². The van der Waals surface area contributed by atoms with Crippen molar-refractivity contribution in [2.75, 3.05) is 0 Å². The van der Waals surface area contributed by atoms with Crippen molar-refractivity contribution in [2.24, 2.45) is 0 Å². The van der Waals surface area contributed by atoms with Gasteiger partial charge in [-0.3, -0.25) is 0 Å². The second kappa shape index (κ2) is 9.18. The van der Waals surface area contributed by atoms with Crippen LogP contribution in [0.4, 0.5) is 4.39 Å². The maximum Gasteiger partial charge on any atom is 0.148 e. The Hall–Kier alpha value is -2.42. The van der Waals surface area contributed by atoms with E-state index in [1.807, 2.05) is 43.3 Å². The minimum absolute atomic E-state index is 0.255. The van der Waals surface area contributed by atoms with Gasteiger partial charge in [0.05, 0.1) is 20.6 Å². The number of nitrogens with zero attached hydrogens (tertiary/aromatic N) is 1. The second-order valence-corrected chi connectivity index (χ2v) is 7.95. The molecule has 3 aromatic carbocycles. The molecule has 140 valence electrons. The summed E-state index contributed by atoms with van der Waals surface area (Å²) < 4.78 is 21.4. The standard InChI is InChI=1S/C23H16Br2FNO/c1-15-6-8-16(9-7-15)14-28-23-20(24)11-17(12-21(23)25)10-18(13-27)19-4-2-3-5-22(19)26/h2-12H,14H2,1H3/b18-10-. The van der Waals surface area contributed by atoms with Gasteiger partial charge in [-0.15, -0.1) is 0 Å². The van der Waals surface area contributed by atoms with Crippen molar-refractivity contribution < 1.29 is 9.13 Å².